The van der Waals surface area contributed by atoms with Gasteiger partial charge in [0.25, 0.3) is 0 Å². The van der Waals surface area contributed by atoms with Crippen LogP contribution in [-0.2, 0) is 14.3 Å². The SMILES string of the molecule is COCCNCC(=O)N1CCN(C(=O)C23CC4CC(CC(C4)C2)C3)CC1.Cl. The first-order valence-electron chi connectivity index (χ1n) is 10.4. The molecule has 4 saturated carbocycles. The highest BCUT2D eigenvalue weighted by molar-refractivity contribution is 5.85. The first kappa shape index (κ1) is 20.9. The summed E-state index contributed by atoms with van der Waals surface area (Å²) >= 11 is 0. The minimum Gasteiger partial charge on any atom is -0.383 e. The molecule has 7 heteroatoms. The maximum Gasteiger partial charge on any atom is 0.236 e. The first-order valence-corrected chi connectivity index (χ1v) is 10.4. The van der Waals surface area contributed by atoms with E-state index in [2.05, 4.69) is 10.2 Å². The normalized spacial score (nSPS) is 34.5. The molecule has 0 atom stereocenters. The van der Waals surface area contributed by atoms with Crippen LogP contribution in [0.5, 0.6) is 0 Å². The van der Waals surface area contributed by atoms with Crippen LogP contribution in [-0.4, -0.2) is 74.6 Å². The van der Waals surface area contributed by atoms with E-state index in [1.165, 1.54) is 19.3 Å². The van der Waals surface area contributed by atoms with Gasteiger partial charge in [0.1, 0.15) is 0 Å². The second-order valence-corrected chi connectivity index (χ2v) is 9.04. The molecule has 0 aromatic heterocycles. The monoisotopic (exact) mass is 399 g/mol. The number of hydrogen-bond acceptors (Lipinski definition) is 4. The second-order valence-electron chi connectivity index (χ2n) is 9.04. The molecule has 5 fully saturated rings. The highest BCUT2D eigenvalue weighted by Crippen LogP contribution is 2.60. The van der Waals surface area contributed by atoms with E-state index in [4.69, 9.17) is 4.74 Å². The summed E-state index contributed by atoms with van der Waals surface area (Å²) in [4.78, 5) is 29.6. The van der Waals surface area contributed by atoms with Crippen molar-refractivity contribution in [3.63, 3.8) is 0 Å². The third-order valence-corrected chi connectivity index (χ3v) is 7.17. The van der Waals surface area contributed by atoms with Crippen molar-refractivity contribution in [2.45, 2.75) is 38.5 Å². The highest BCUT2D eigenvalue weighted by Gasteiger charge is 2.55. The molecule has 0 radical (unpaired) electrons. The Morgan fingerprint density at radius 1 is 0.963 bits per heavy atom. The Morgan fingerprint density at radius 2 is 1.48 bits per heavy atom. The van der Waals surface area contributed by atoms with E-state index in [1.807, 2.05) is 4.90 Å². The van der Waals surface area contributed by atoms with Crippen LogP contribution in [0.1, 0.15) is 38.5 Å². The van der Waals surface area contributed by atoms with Gasteiger partial charge in [0, 0.05) is 39.8 Å². The van der Waals surface area contributed by atoms with Crippen LogP contribution in [0.15, 0.2) is 0 Å². The fourth-order valence-electron chi connectivity index (χ4n) is 6.35. The van der Waals surface area contributed by atoms with Gasteiger partial charge in [0.05, 0.1) is 18.6 Å². The van der Waals surface area contributed by atoms with E-state index in [0.717, 1.165) is 37.0 Å². The topological polar surface area (TPSA) is 61.9 Å². The van der Waals surface area contributed by atoms with Gasteiger partial charge in [-0.05, 0) is 56.3 Å². The molecule has 6 nitrogen and oxygen atoms in total. The molecule has 27 heavy (non-hydrogen) atoms. The molecule has 0 unspecified atom stereocenters. The van der Waals surface area contributed by atoms with Gasteiger partial charge < -0.3 is 19.9 Å². The number of amides is 2. The Bertz CT molecular complexity index is 513. The highest BCUT2D eigenvalue weighted by atomic mass is 35.5. The van der Waals surface area contributed by atoms with Crippen molar-refractivity contribution >= 4 is 24.2 Å². The van der Waals surface area contributed by atoms with Gasteiger partial charge in [-0.25, -0.2) is 0 Å². The van der Waals surface area contributed by atoms with Gasteiger partial charge in [-0.1, -0.05) is 0 Å². The fraction of sp³-hybridized carbons (Fsp3) is 0.900. The third-order valence-electron chi connectivity index (χ3n) is 7.17. The number of carbonyl (C=O) groups excluding carboxylic acids is 2. The van der Waals surface area contributed by atoms with Crippen LogP contribution in [0.2, 0.25) is 0 Å². The molecule has 1 saturated heterocycles. The molecule has 1 N–H and O–H groups in total. The van der Waals surface area contributed by atoms with Crippen molar-refractivity contribution in [3.05, 3.63) is 0 Å². The molecular weight excluding hydrogens is 366 g/mol. The van der Waals surface area contributed by atoms with Gasteiger partial charge in [0.2, 0.25) is 11.8 Å². The minimum atomic E-state index is -0.0529. The molecule has 4 bridgehead atoms. The summed E-state index contributed by atoms with van der Waals surface area (Å²) in [7, 11) is 1.66. The van der Waals surface area contributed by atoms with E-state index in [0.29, 0.717) is 51.8 Å². The van der Waals surface area contributed by atoms with Crippen molar-refractivity contribution in [1.82, 2.24) is 15.1 Å². The molecule has 154 valence electrons. The molecule has 0 aromatic rings. The smallest absolute Gasteiger partial charge is 0.236 e. The molecule has 5 aliphatic rings. The predicted molar refractivity (Wildman–Crippen MR) is 106 cm³/mol. The summed E-state index contributed by atoms with van der Waals surface area (Å²) in [5.41, 5.74) is -0.0529. The Morgan fingerprint density at radius 3 is 2.00 bits per heavy atom. The number of hydrogen-bond donors (Lipinski definition) is 1. The number of nitrogens with one attached hydrogen (secondary N) is 1. The molecule has 5 rings (SSSR count). The zero-order valence-corrected chi connectivity index (χ0v) is 17.3. The van der Waals surface area contributed by atoms with Crippen molar-refractivity contribution in [3.8, 4) is 0 Å². The zero-order chi connectivity index (χ0) is 18.1. The van der Waals surface area contributed by atoms with E-state index in [9.17, 15) is 9.59 Å². The predicted octanol–water partition coefficient (Wildman–Crippen LogP) is 1.53. The van der Waals surface area contributed by atoms with E-state index < -0.39 is 0 Å². The zero-order valence-electron chi connectivity index (χ0n) is 16.5. The molecule has 0 spiro atoms. The molecule has 1 heterocycles. The summed E-state index contributed by atoms with van der Waals surface area (Å²) in [6.45, 7) is 4.39. The van der Waals surface area contributed by atoms with Crippen molar-refractivity contribution < 1.29 is 14.3 Å². The number of rotatable bonds is 6. The third kappa shape index (κ3) is 4.28. The number of halogens is 1. The molecule has 1 aliphatic heterocycles. The number of piperazine rings is 1. The van der Waals surface area contributed by atoms with Gasteiger partial charge in [0.15, 0.2) is 0 Å². The first-order chi connectivity index (χ1) is 12.6. The Hall–Kier alpha value is -0.850. The minimum absolute atomic E-state index is 0. The Kier molecular flexibility index (Phi) is 6.70. The van der Waals surface area contributed by atoms with Crippen molar-refractivity contribution in [2.75, 3.05) is 53.0 Å². The van der Waals surface area contributed by atoms with Crippen LogP contribution < -0.4 is 5.32 Å². The van der Waals surface area contributed by atoms with Gasteiger partial charge >= 0.3 is 0 Å². The largest absolute Gasteiger partial charge is 0.383 e. The number of nitrogens with zero attached hydrogens (tertiary/aromatic N) is 2. The summed E-state index contributed by atoms with van der Waals surface area (Å²) < 4.78 is 4.98. The van der Waals surface area contributed by atoms with Crippen LogP contribution in [0.4, 0.5) is 0 Å². The summed E-state index contributed by atoms with van der Waals surface area (Å²) in [5, 5.41) is 3.11. The van der Waals surface area contributed by atoms with Crippen LogP contribution in [0, 0.1) is 23.2 Å². The summed E-state index contributed by atoms with van der Waals surface area (Å²) in [6.07, 6.45) is 7.47. The van der Waals surface area contributed by atoms with Crippen molar-refractivity contribution in [2.24, 2.45) is 23.2 Å². The molecule has 0 aromatic carbocycles. The van der Waals surface area contributed by atoms with E-state index in [1.54, 1.807) is 7.11 Å². The van der Waals surface area contributed by atoms with Gasteiger partial charge in [-0.3, -0.25) is 9.59 Å². The number of methoxy groups -OCH3 is 1. The lowest BCUT2D eigenvalue weighted by Gasteiger charge is -2.57. The number of ether oxygens (including phenoxy) is 1. The number of carbonyl (C=O) groups is 2. The molecule has 2 amide bonds. The fourth-order valence-corrected chi connectivity index (χ4v) is 6.35. The van der Waals surface area contributed by atoms with Crippen LogP contribution >= 0.6 is 12.4 Å². The standard InChI is InChI=1S/C20H33N3O3.ClH/c1-26-7-2-21-14-18(24)22-3-5-23(6-4-22)19(25)20-11-15-8-16(12-20)10-17(9-15)13-20;/h15-17,21H,2-14H2,1H3;1H. The Labute approximate surface area is 168 Å². The van der Waals surface area contributed by atoms with Gasteiger partial charge in [-0.15, -0.1) is 12.4 Å². The maximum absolute atomic E-state index is 13.4. The lowest BCUT2D eigenvalue weighted by atomic mass is 9.49. The maximum atomic E-state index is 13.4. The van der Waals surface area contributed by atoms with Crippen molar-refractivity contribution in [1.29, 1.82) is 0 Å². The molecular formula is C20H34ClN3O3. The lowest BCUT2D eigenvalue weighted by Crippen LogP contribution is -2.59. The van der Waals surface area contributed by atoms with E-state index >= 15 is 0 Å². The summed E-state index contributed by atoms with van der Waals surface area (Å²) in [6, 6.07) is 0. The van der Waals surface area contributed by atoms with Crippen LogP contribution in [0.25, 0.3) is 0 Å². The average molecular weight is 400 g/mol. The quantitative estimate of drug-likeness (QED) is 0.688. The van der Waals surface area contributed by atoms with E-state index in [-0.39, 0.29) is 23.7 Å². The molecule has 4 aliphatic carbocycles. The lowest BCUT2D eigenvalue weighted by molar-refractivity contribution is -0.160. The average Bonchev–Trinajstić information content (AvgIpc) is 2.63. The summed E-state index contributed by atoms with van der Waals surface area (Å²) in [5.74, 6) is 2.92. The van der Waals surface area contributed by atoms with Crippen LogP contribution in [0.3, 0.4) is 0 Å². The van der Waals surface area contributed by atoms with Gasteiger partial charge in [-0.2, -0.15) is 0 Å². The second kappa shape index (κ2) is 8.66. The Balaban J connectivity index is 0.00000210.